The van der Waals surface area contributed by atoms with Crippen molar-refractivity contribution >= 4 is 12.0 Å². The summed E-state index contributed by atoms with van der Waals surface area (Å²) in [7, 11) is 0. The minimum atomic E-state index is -0.860. The Kier molecular flexibility index (Phi) is 9.53. The second-order valence-electron chi connectivity index (χ2n) is 5.64. The molecule has 0 bridgehead atoms. The summed E-state index contributed by atoms with van der Waals surface area (Å²) in [6.45, 7) is 2.26. The highest BCUT2D eigenvalue weighted by Gasteiger charge is 2.21. The largest absolute Gasteiger partial charge is 0.508 e. The van der Waals surface area contributed by atoms with Gasteiger partial charge in [-0.1, -0.05) is 38.3 Å². The summed E-state index contributed by atoms with van der Waals surface area (Å²) in [5.74, 6) is -0.341. The molecule has 0 aromatic heterocycles. The first-order chi connectivity index (χ1) is 12.1. The Morgan fingerprint density at radius 3 is 2.60 bits per heavy atom. The summed E-state index contributed by atoms with van der Waals surface area (Å²) in [6, 6.07) is 7.30. The number of carbonyl (C=O) groups is 2. The molecule has 0 saturated heterocycles. The maximum Gasteiger partial charge on any atom is 0.407 e. The van der Waals surface area contributed by atoms with Gasteiger partial charge in [0.25, 0.3) is 0 Å². The molecule has 1 unspecified atom stereocenters. The van der Waals surface area contributed by atoms with E-state index in [2.05, 4.69) is 17.6 Å². The number of phenolic OH excluding ortho intramolecular Hbond substituents is 1. The van der Waals surface area contributed by atoms with Gasteiger partial charge in [-0.05, 0) is 24.1 Å². The first-order valence-corrected chi connectivity index (χ1v) is 8.42. The lowest BCUT2D eigenvalue weighted by molar-refractivity contribution is -0.122. The van der Waals surface area contributed by atoms with E-state index in [0.29, 0.717) is 6.61 Å². The third-order valence-electron chi connectivity index (χ3n) is 3.56. The van der Waals surface area contributed by atoms with Crippen molar-refractivity contribution in [2.24, 2.45) is 0 Å². The van der Waals surface area contributed by atoms with Crippen LogP contribution in [0.25, 0.3) is 0 Å². The fourth-order valence-corrected chi connectivity index (χ4v) is 2.20. The van der Waals surface area contributed by atoms with Crippen LogP contribution >= 0.6 is 0 Å². The van der Waals surface area contributed by atoms with Crippen molar-refractivity contribution in [1.29, 1.82) is 5.26 Å². The second kappa shape index (κ2) is 11.7. The van der Waals surface area contributed by atoms with Crippen LogP contribution in [-0.4, -0.2) is 36.3 Å². The number of rotatable bonds is 10. The van der Waals surface area contributed by atoms with Gasteiger partial charge >= 0.3 is 6.09 Å². The predicted octanol–water partition coefficient (Wildman–Crippen LogP) is 2.25. The summed E-state index contributed by atoms with van der Waals surface area (Å²) >= 11 is 0. The first-order valence-electron chi connectivity index (χ1n) is 8.42. The quantitative estimate of drug-likeness (QED) is 0.444. The summed E-state index contributed by atoms with van der Waals surface area (Å²) in [6.07, 6.45) is 3.52. The third kappa shape index (κ3) is 8.61. The van der Waals surface area contributed by atoms with Crippen LogP contribution < -0.4 is 10.6 Å². The molecular weight excluding hydrogens is 322 g/mol. The van der Waals surface area contributed by atoms with Crippen molar-refractivity contribution in [3.8, 4) is 11.8 Å². The fourth-order valence-electron chi connectivity index (χ4n) is 2.20. The molecule has 7 heteroatoms. The average Bonchev–Trinajstić information content (AvgIpc) is 2.60. The standard InChI is InChI=1S/C18H25N3O4/c1-2-3-4-5-12-25-18(24)21-16(17(23)20-11-10-19)13-14-6-8-15(22)9-7-14/h6-9,16,22H,2-5,11-13H2,1H3,(H,20,23)(H,21,24). The zero-order valence-electron chi connectivity index (χ0n) is 14.5. The number of hydrogen-bond acceptors (Lipinski definition) is 5. The summed E-state index contributed by atoms with van der Waals surface area (Å²) in [5.41, 5.74) is 0.762. The number of benzene rings is 1. The maximum absolute atomic E-state index is 12.1. The van der Waals surface area contributed by atoms with E-state index in [9.17, 15) is 14.7 Å². The molecule has 0 aliphatic heterocycles. The zero-order chi connectivity index (χ0) is 18.5. The number of hydrogen-bond donors (Lipinski definition) is 3. The molecule has 1 rings (SSSR count). The molecule has 136 valence electrons. The Balaban J connectivity index is 2.58. The van der Waals surface area contributed by atoms with E-state index in [4.69, 9.17) is 10.00 Å². The van der Waals surface area contributed by atoms with Crippen LogP contribution in [0.2, 0.25) is 0 Å². The van der Waals surface area contributed by atoms with Gasteiger partial charge in [0.2, 0.25) is 5.91 Å². The number of phenols is 1. The molecule has 0 heterocycles. The summed E-state index contributed by atoms with van der Waals surface area (Å²) in [5, 5.41) is 22.9. The SMILES string of the molecule is CCCCCCOC(=O)NC(Cc1ccc(O)cc1)C(=O)NCC#N. The zero-order valence-corrected chi connectivity index (χ0v) is 14.5. The highest BCUT2D eigenvalue weighted by atomic mass is 16.5. The van der Waals surface area contributed by atoms with E-state index in [1.807, 2.05) is 6.07 Å². The number of alkyl carbamates (subject to hydrolysis) is 1. The van der Waals surface area contributed by atoms with Gasteiger partial charge in [-0.25, -0.2) is 4.79 Å². The van der Waals surface area contributed by atoms with Crippen molar-refractivity contribution in [2.45, 2.75) is 45.1 Å². The van der Waals surface area contributed by atoms with E-state index in [-0.39, 0.29) is 18.7 Å². The molecule has 1 aromatic rings. The number of aromatic hydroxyl groups is 1. The molecular formula is C18H25N3O4. The molecule has 3 N–H and O–H groups in total. The fraction of sp³-hybridized carbons (Fsp3) is 0.500. The van der Waals surface area contributed by atoms with Gasteiger partial charge in [0, 0.05) is 6.42 Å². The Morgan fingerprint density at radius 2 is 1.96 bits per heavy atom. The molecule has 0 radical (unpaired) electrons. The van der Waals surface area contributed by atoms with Crippen molar-refractivity contribution < 1.29 is 19.4 Å². The van der Waals surface area contributed by atoms with Gasteiger partial charge in [-0.3, -0.25) is 4.79 Å². The van der Waals surface area contributed by atoms with Gasteiger partial charge in [-0.15, -0.1) is 0 Å². The van der Waals surface area contributed by atoms with E-state index < -0.39 is 18.0 Å². The van der Waals surface area contributed by atoms with Crippen LogP contribution in [0.3, 0.4) is 0 Å². The molecule has 0 fully saturated rings. The number of nitrogens with one attached hydrogen (secondary N) is 2. The third-order valence-corrected chi connectivity index (χ3v) is 3.56. The van der Waals surface area contributed by atoms with Crippen molar-refractivity contribution in [1.82, 2.24) is 10.6 Å². The topological polar surface area (TPSA) is 111 Å². The lowest BCUT2D eigenvalue weighted by atomic mass is 10.1. The van der Waals surface area contributed by atoms with Gasteiger partial charge in [0.05, 0.1) is 12.7 Å². The first kappa shape index (κ1) is 20.3. The van der Waals surface area contributed by atoms with Crippen molar-refractivity contribution in [3.63, 3.8) is 0 Å². The average molecular weight is 347 g/mol. The van der Waals surface area contributed by atoms with Crippen LogP contribution in [-0.2, 0) is 16.0 Å². The lowest BCUT2D eigenvalue weighted by Gasteiger charge is -2.18. The number of nitrogens with zero attached hydrogens (tertiary/aromatic N) is 1. The number of ether oxygens (including phenoxy) is 1. The minimum Gasteiger partial charge on any atom is -0.508 e. The Bertz CT molecular complexity index is 581. The smallest absolute Gasteiger partial charge is 0.407 e. The van der Waals surface area contributed by atoms with Gasteiger partial charge < -0.3 is 20.5 Å². The highest BCUT2D eigenvalue weighted by Crippen LogP contribution is 2.11. The molecule has 0 spiro atoms. The highest BCUT2D eigenvalue weighted by molar-refractivity contribution is 5.86. The number of unbranched alkanes of at least 4 members (excludes halogenated alkanes) is 3. The molecule has 25 heavy (non-hydrogen) atoms. The van der Waals surface area contributed by atoms with E-state index in [1.54, 1.807) is 12.1 Å². The van der Waals surface area contributed by atoms with Crippen molar-refractivity contribution in [3.05, 3.63) is 29.8 Å². The molecule has 1 aromatic carbocycles. The van der Waals surface area contributed by atoms with Gasteiger partial charge in [0.15, 0.2) is 0 Å². The predicted molar refractivity (Wildman–Crippen MR) is 92.8 cm³/mol. The van der Waals surface area contributed by atoms with Crippen LogP contribution in [0.1, 0.15) is 38.2 Å². The minimum absolute atomic E-state index is 0.119. The van der Waals surface area contributed by atoms with Crippen molar-refractivity contribution in [2.75, 3.05) is 13.2 Å². The molecule has 0 aliphatic rings. The van der Waals surface area contributed by atoms with Crippen LogP contribution in [0.15, 0.2) is 24.3 Å². The Labute approximate surface area is 148 Å². The molecule has 1 atom stereocenters. The maximum atomic E-state index is 12.1. The van der Waals surface area contributed by atoms with Gasteiger partial charge in [-0.2, -0.15) is 5.26 Å². The molecule has 7 nitrogen and oxygen atoms in total. The monoisotopic (exact) mass is 347 g/mol. The second-order valence-corrected chi connectivity index (χ2v) is 5.64. The molecule has 0 aliphatic carbocycles. The Hall–Kier alpha value is -2.75. The van der Waals surface area contributed by atoms with Gasteiger partial charge in [0.1, 0.15) is 18.3 Å². The van der Waals surface area contributed by atoms with Crippen LogP contribution in [0.4, 0.5) is 4.79 Å². The van der Waals surface area contributed by atoms with E-state index in [1.165, 1.54) is 12.1 Å². The molecule has 0 saturated carbocycles. The normalized spacial score (nSPS) is 11.2. The molecule has 2 amide bonds. The lowest BCUT2D eigenvalue weighted by Crippen LogP contribution is -2.48. The van der Waals surface area contributed by atoms with Crippen LogP contribution in [0.5, 0.6) is 5.75 Å². The number of amides is 2. The summed E-state index contributed by atoms with van der Waals surface area (Å²) < 4.78 is 5.10. The number of carbonyl (C=O) groups excluding carboxylic acids is 2. The Morgan fingerprint density at radius 1 is 1.24 bits per heavy atom. The van der Waals surface area contributed by atoms with Crippen LogP contribution in [0, 0.1) is 11.3 Å². The summed E-state index contributed by atoms with van der Waals surface area (Å²) in [4.78, 5) is 24.0. The number of nitriles is 1. The van der Waals surface area contributed by atoms with E-state index in [0.717, 1.165) is 31.2 Å². The van der Waals surface area contributed by atoms with E-state index >= 15 is 0 Å².